The van der Waals surface area contributed by atoms with Gasteiger partial charge in [-0.05, 0) is 30.5 Å². The lowest BCUT2D eigenvalue weighted by atomic mass is 10.1. The quantitative estimate of drug-likeness (QED) is 0.645. The van der Waals surface area contributed by atoms with Gasteiger partial charge in [0.05, 0.1) is 7.11 Å². The summed E-state index contributed by atoms with van der Waals surface area (Å²) in [5, 5.41) is 11.5. The summed E-state index contributed by atoms with van der Waals surface area (Å²) in [4.78, 5) is 22.8. The predicted molar refractivity (Wildman–Crippen MR) is 86.9 cm³/mol. The van der Waals surface area contributed by atoms with Gasteiger partial charge < -0.3 is 19.9 Å². The molecule has 6 nitrogen and oxygen atoms in total. The van der Waals surface area contributed by atoms with Crippen molar-refractivity contribution in [3.8, 4) is 11.5 Å². The van der Waals surface area contributed by atoms with Gasteiger partial charge in [-0.15, -0.1) is 6.58 Å². The molecule has 1 atom stereocenters. The smallest absolute Gasteiger partial charge is 0.326 e. The minimum Gasteiger partial charge on any atom is -0.493 e. The Bertz CT molecular complexity index is 556. The van der Waals surface area contributed by atoms with Crippen molar-refractivity contribution in [2.45, 2.75) is 32.2 Å². The van der Waals surface area contributed by atoms with Gasteiger partial charge in [0.2, 0.25) is 0 Å². The van der Waals surface area contributed by atoms with Crippen molar-refractivity contribution < 1.29 is 24.2 Å². The van der Waals surface area contributed by atoms with Crippen LogP contribution in [0.5, 0.6) is 11.5 Å². The third-order valence-electron chi connectivity index (χ3n) is 3.18. The molecule has 0 aliphatic heterocycles. The number of benzene rings is 1. The summed E-state index contributed by atoms with van der Waals surface area (Å²) >= 11 is 0. The van der Waals surface area contributed by atoms with Gasteiger partial charge in [0.25, 0.3) is 5.91 Å². The van der Waals surface area contributed by atoms with E-state index in [1.54, 1.807) is 12.1 Å². The number of carbonyl (C=O) groups is 2. The third kappa shape index (κ3) is 6.02. The number of nitrogens with one attached hydrogen (secondary N) is 1. The lowest BCUT2D eigenvalue weighted by Crippen LogP contribution is -2.42. The first-order valence-corrected chi connectivity index (χ1v) is 7.44. The van der Waals surface area contributed by atoms with Crippen LogP contribution < -0.4 is 14.8 Å². The number of methoxy groups -OCH3 is 1. The second-order valence-electron chi connectivity index (χ2n) is 5.01. The Labute approximate surface area is 136 Å². The zero-order valence-electron chi connectivity index (χ0n) is 13.5. The van der Waals surface area contributed by atoms with Crippen LogP contribution in [0.3, 0.4) is 0 Å². The molecular weight excluding hydrogens is 298 g/mol. The molecule has 0 aromatic heterocycles. The van der Waals surface area contributed by atoms with E-state index in [-0.39, 0.29) is 6.61 Å². The molecule has 1 aromatic rings. The monoisotopic (exact) mass is 321 g/mol. The zero-order valence-corrected chi connectivity index (χ0v) is 13.5. The van der Waals surface area contributed by atoms with Crippen molar-refractivity contribution >= 4 is 11.9 Å². The summed E-state index contributed by atoms with van der Waals surface area (Å²) in [7, 11) is 1.52. The van der Waals surface area contributed by atoms with Gasteiger partial charge in [-0.25, -0.2) is 4.79 Å². The lowest BCUT2D eigenvalue weighted by Gasteiger charge is -2.15. The van der Waals surface area contributed by atoms with Gasteiger partial charge in [0.1, 0.15) is 6.04 Å². The van der Waals surface area contributed by atoms with Crippen LogP contribution in [0.4, 0.5) is 0 Å². The number of amides is 1. The summed E-state index contributed by atoms with van der Waals surface area (Å²) in [6, 6.07) is 4.49. The average Bonchev–Trinajstić information content (AvgIpc) is 2.53. The first kappa shape index (κ1) is 18.5. The molecule has 0 spiro atoms. The Morgan fingerprint density at radius 3 is 2.70 bits per heavy atom. The van der Waals surface area contributed by atoms with E-state index in [0.717, 1.165) is 5.56 Å². The van der Waals surface area contributed by atoms with Crippen LogP contribution >= 0.6 is 0 Å². The van der Waals surface area contributed by atoms with E-state index in [2.05, 4.69) is 11.9 Å². The summed E-state index contributed by atoms with van der Waals surface area (Å²) in [5.74, 6) is -0.590. The summed E-state index contributed by atoms with van der Waals surface area (Å²) < 4.78 is 10.7. The van der Waals surface area contributed by atoms with Crippen LogP contribution in [-0.4, -0.2) is 36.7 Å². The van der Waals surface area contributed by atoms with E-state index in [4.69, 9.17) is 14.6 Å². The maximum absolute atomic E-state index is 11.8. The zero-order chi connectivity index (χ0) is 17.2. The molecule has 1 amide bonds. The van der Waals surface area contributed by atoms with Crippen molar-refractivity contribution in [2.75, 3.05) is 13.7 Å². The van der Waals surface area contributed by atoms with E-state index in [1.165, 1.54) is 7.11 Å². The fourth-order valence-corrected chi connectivity index (χ4v) is 2.05. The van der Waals surface area contributed by atoms with Gasteiger partial charge >= 0.3 is 5.97 Å². The number of ether oxygens (including phenoxy) is 2. The number of hydrogen-bond donors (Lipinski definition) is 2. The van der Waals surface area contributed by atoms with E-state index >= 15 is 0 Å². The fraction of sp³-hybridized carbons (Fsp3) is 0.412. The molecule has 0 bridgehead atoms. The highest BCUT2D eigenvalue weighted by atomic mass is 16.5. The highest BCUT2D eigenvalue weighted by molar-refractivity contribution is 5.84. The molecule has 0 aliphatic carbocycles. The highest BCUT2D eigenvalue weighted by Crippen LogP contribution is 2.28. The van der Waals surface area contributed by atoms with Crippen LogP contribution in [0.15, 0.2) is 30.9 Å². The van der Waals surface area contributed by atoms with Crippen LogP contribution in [0.2, 0.25) is 0 Å². The molecule has 0 saturated carbocycles. The molecule has 0 fully saturated rings. The SMILES string of the molecule is C=CCc1ccc(OCC(=O)NC(CCC)C(=O)O)c(OC)c1. The van der Waals surface area contributed by atoms with E-state index < -0.39 is 17.9 Å². The highest BCUT2D eigenvalue weighted by Gasteiger charge is 2.19. The first-order valence-electron chi connectivity index (χ1n) is 7.44. The van der Waals surface area contributed by atoms with Crippen molar-refractivity contribution in [3.05, 3.63) is 36.4 Å². The Balaban J connectivity index is 2.64. The molecule has 23 heavy (non-hydrogen) atoms. The van der Waals surface area contributed by atoms with Crippen molar-refractivity contribution in [3.63, 3.8) is 0 Å². The maximum atomic E-state index is 11.8. The number of rotatable bonds is 10. The Morgan fingerprint density at radius 2 is 2.13 bits per heavy atom. The molecular formula is C17H23NO5. The van der Waals surface area contributed by atoms with Gasteiger partial charge in [-0.1, -0.05) is 25.5 Å². The number of carboxylic acid groups (broad SMARTS) is 1. The predicted octanol–water partition coefficient (Wildman–Crippen LogP) is 2.17. The van der Waals surface area contributed by atoms with Crippen LogP contribution in [0.1, 0.15) is 25.3 Å². The molecule has 1 rings (SSSR count). The number of carboxylic acids is 1. The average molecular weight is 321 g/mol. The molecule has 0 saturated heterocycles. The molecule has 0 heterocycles. The Kier molecular flexibility index (Phi) is 7.66. The number of hydrogen-bond acceptors (Lipinski definition) is 4. The van der Waals surface area contributed by atoms with Gasteiger partial charge in [-0.2, -0.15) is 0 Å². The van der Waals surface area contributed by atoms with Crippen molar-refractivity contribution in [1.29, 1.82) is 0 Å². The van der Waals surface area contributed by atoms with Crippen molar-refractivity contribution in [2.24, 2.45) is 0 Å². The van der Waals surface area contributed by atoms with E-state index in [1.807, 2.05) is 19.1 Å². The fourth-order valence-electron chi connectivity index (χ4n) is 2.05. The van der Waals surface area contributed by atoms with Crippen molar-refractivity contribution in [1.82, 2.24) is 5.32 Å². The third-order valence-corrected chi connectivity index (χ3v) is 3.18. The summed E-state index contributed by atoms with van der Waals surface area (Å²) in [5.41, 5.74) is 1.02. The molecule has 126 valence electrons. The van der Waals surface area contributed by atoms with E-state index in [9.17, 15) is 9.59 Å². The largest absolute Gasteiger partial charge is 0.493 e. The molecule has 6 heteroatoms. The van der Waals surface area contributed by atoms with Gasteiger partial charge in [0.15, 0.2) is 18.1 Å². The normalized spacial score (nSPS) is 11.4. The second kappa shape index (κ2) is 9.50. The Morgan fingerprint density at radius 1 is 1.39 bits per heavy atom. The minimum absolute atomic E-state index is 0.273. The van der Waals surface area contributed by atoms with Crippen LogP contribution in [-0.2, 0) is 16.0 Å². The molecule has 0 radical (unpaired) electrons. The minimum atomic E-state index is -1.05. The first-order chi connectivity index (χ1) is 11.0. The molecule has 2 N–H and O–H groups in total. The van der Waals surface area contributed by atoms with Crippen LogP contribution in [0, 0.1) is 0 Å². The Hall–Kier alpha value is -2.50. The van der Waals surface area contributed by atoms with Gasteiger partial charge in [-0.3, -0.25) is 4.79 Å². The maximum Gasteiger partial charge on any atom is 0.326 e. The molecule has 0 aliphatic rings. The summed E-state index contributed by atoms with van der Waals surface area (Å²) in [6.45, 7) is 5.26. The van der Waals surface area contributed by atoms with Gasteiger partial charge in [0, 0.05) is 0 Å². The molecule has 1 unspecified atom stereocenters. The summed E-state index contributed by atoms with van der Waals surface area (Å²) in [6.07, 6.45) is 3.52. The topological polar surface area (TPSA) is 84.9 Å². The second-order valence-corrected chi connectivity index (χ2v) is 5.01. The number of aliphatic carboxylic acids is 1. The lowest BCUT2D eigenvalue weighted by molar-refractivity contribution is -0.142. The van der Waals surface area contributed by atoms with E-state index in [0.29, 0.717) is 30.8 Å². The van der Waals surface area contributed by atoms with Crippen LogP contribution in [0.25, 0.3) is 0 Å². The standard InChI is InChI=1S/C17H23NO5/c1-4-6-12-8-9-14(15(10-12)22-3)23-11-16(19)18-13(7-5-2)17(20)21/h4,8-10,13H,1,5-7,11H2,2-3H3,(H,18,19)(H,20,21). The number of allylic oxidation sites excluding steroid dienone is 1. The number of carbonyl (C=O) groups excluding carboxylic acids is 1. The molecule has 1 aromatic carbocycles.